The van der Waals surface area contributed by atoms with Crippen LogP contribution in [-0.2, 0) is 9.53 Å². The van der Waals surface area contributed by atoms with Crippen LogP contribution in [0.4, 0.5) is 0 Å². The zero-order chi connectivity index (χ0) is 17.7. The van der Waals surface area contributed by atoms with Crippen molar-refractivity contribution in [3.05, 3.63) is 59.3 Å². The number of esters is 1. The number of para-hydroxylation sites is 1. The van der Waals surface area contributed by atoms with E-state index in [1.165, 1.54) is 7.11 Å². The number of fused-ring (bicyclic) bond motifs is 4. The first-order valence-corrected chi connectivity index (χ1v) is 8.57. The molecule has 0 amide bonds. The molecular formula is C20H18N2O4. The van der Waals surface area contributed by atoms with Crippen LogP contribution in [0.15, 0.2) is 42.5 Å². The number of H-pyrrole nitrogens is 1. The molecule has 3 heterocycles. The third-order valence-electron chi connectivity index (χ3n) is 5.16. The number of carbonyl (C=O) groups excluding carboxylic acids is 1. The van der Waals surface area contributed by atoms with Crippen LogP contribution in [0.2, 0.25) is 0 Å². The maximum Gasteiger partial charge on any atom is 0.314 e. The Balaban J connectivity index is 1.67. The van der Waals surface area contributed by atoms with Crippen molar-refractivity contribution in [2.24, 2.45) is 0 Å². The van der Waals surface area contributed by atoms with Crippen molar-refractivity contribution in [2.45, 2.75) is 12.0 Å². The number of carbonyl (C=O) groups is 1. The average molecular weight is 350 g/mol. The largest absolute Gasteiger partial charge is 0.469 e. The predicted octanol–water partition coefficient (Wildman–Crippen LogP) is 2.85. The quantitative estimate of drug-likeness (QED) is 0.696. The number of aromatic nitrogens is 1. The van der Waals surface area contributed by atoms with Gasteiger partial charge in [0.1, 0.15) is 0 Å². The Bertz CT molecular complexity index is 1010. The van der Waals surface area contributed by atoms with E-state index in [0.717, 1.165) is 39.2 Å². The first-order valence-electron chi connectivity index (χ1n) is 8.57. The van der Waals surface area contributed by atoms with Crippen LogP contribution in [0.25, 0.3) is 10.9 Å². The highest BCUT2D eigenvalue weighted by atomic mass is 16.7. The molecule has 0 unspecified atom stereocenters. The van der Waals surface area contributed by atoms with Crippen molar-refractivity contribution in [1.29, 1.82) is 0 Å². The second-order valence-corrected chi connectivity index (χ2v) is 6.53. The third kappa shape index (κ3) is 2.19. The molecule has 0 aliphatic carbocycles. The highest BCUT2D eigenvalue weighted by molar-refractivity contribution is 5.92. The maximum atomic E-state index is 12.4. The van der Waals surface area contributed by atoms with Crippen molar-refractivity contribution >= 4 is 16.9 Å². The smallest absolute Gasteiger partial charge is 0.314 e. The summed E-state index contributed by atoms with van der Waals surface area (Å²) >= 11 is 0. The molecule has 2 aliphatic heterocycles. The lowest BCUT2D eigenvalue weighted by Crippen LogP contribution is -2.37. The van der Waals surface area contributed by atoms with Gasteiger partial charge < -0.3 is 24.5 Å². The van der Waals surface area contributed by atoms with Crippen LogP contribution < -0.4 is 14.8 Å². The Labute approximate surface area is 150 Å². The maximum absolute atomic E-state index is 12.4. The minimum atomic E-state index is -0.337. The fourth-order valence-electron chi connectivity index (χ4n) is 3.95. The number of benzene rings is 2. The lowest BCUT2D eigenvalue weighted by Gasteiger charge is -2.29. The molecule has 0 radical (unpaired) electrons. The molecule has 6 nitrogen and oxygen atoms in total. The standard InChI is InChI=1S/C20H18N2O4/c1-24-20(23)13-9-21-18(11-6-7-15-16(8-11)26-10-25-15)19-17(13)12-4-2-3-5-14(12)22-19/h2-8,13,18,21-22H,9-10H2,1H3/t13-,18-/m0/s1. The van der Waals surface area contributed by atoms with E-state index < -0.39 is 0 Å². The van der Waals surface area contributed by atoms with Gasteiger partial charge in [0, 0.05) is 23.1 Å². The molecule has 0 fully saturated rings. The normalized spacial score (nSPS) is 20.8. The Hall–Kier alpha value is -2.99. The Kier molecular flexibility index (Phi) is 3.39. The zero-order valence-corrected chi connectivity index (χ0v) is 14.2. The second kappa shape index (κ2) is 5.78. The van der Waals surface area contributed by atoms with E-state index in [4.69, 9.17) is 14.2 Å². The summed E-state index contributed by atoms with van der Waals surface area (Å²) in [4.78, 5) is 15.9. The molecule has 6 heteroatoms. The first-order chi connectivity index (χ1) is 12.8. The van der Waals surface area contributed by atoms with Gasteiger partial charge in [-0.3, -0.25) is 4.79 Å². The molecule has 26 heavy (non-hydrogen) atoms. The Morgan fingerprint density at radius 1 is 1.15 bits per heavy atom. The van der Waals surface area contributed by atoms with E-state index in [2.05, 4.69) is 10.3 Å². The molecule has 2 aromatic carbocycles. The van der Waals surface area contributed by atoms with Crippen molar-refractivity contribution < 1.29 is 19.0 Å². The van der Waals surface area contributed by atoms with E-state index in [1.807, 2.05) is 42.5 Å². The summed E-state index contributed by atoms with van der Waals surface area (Å²) in [5.74, 6) is 0.940. The van der Waals surface area contributed by atoms with Crippen LogP contribution in [-0.4, -0.2) is 31.4 Å². The Morgan fingerprint density at radius 2 is 2.00 bits per heavy atom. The number of hydrogen-bond donors (Lipinski definition) is 2. The number of methoxy groups -OCH3 is 1. The molecule has 2 N–H and O–H groups in total. The van der Waals surface area contributed by atoms with Crippen LogP contribution >= 0.6 is 0 Å². The van der Waals surface area contributed by atoms with Gasteiger partial charge in [0.2, 0.25) is 6.79 Å². The summed E-state index contributed by atoms with van der Waals surface area (Å²) in [5, 5.41) is 4.54. The summed E-state index contributed by atoms with van der Waals surface area (Å²) in [6.07, 6.45) is 0. The number of aromatic amines is 1. The van der Waals surface area contributed by atoms with E-state index >= 15 is 0 Å². The van der Waals surface area contributed by atoms with Crippen LogP contribution in [0.3, 0.4) is 0 Å². The molecule has 2 aliphatic rings. The van der Waals surface area contributed by atoms with Crippen LogP contribution in [0, 0.1) is 0 Å². The molecular weight excluding hydrogens is 332 g/mol. The summed E-state index contributed by atoms with van der Waals surface area (Å²) < 4.78 is 16.0. The topological polar surface area (TPSA) is 72.6 Å². The van der Waals surface area contributed by atoms with Gasteiger partial charge in [0.25, 0.3) is 0 Å². The average Bonchev–Trinajstić information content (AvgIpc) is 3.30. The molecule has 0 spiro atoms. The fourth-order valence-corrected chi connectivity index (χ4v) is 3.95. The van der Waals surface area contributed by atoms with Crippen LogP contribution in [0.5, 0.6) is 11.5 Å². The first kappa shape index (κ1) is 15.3. The number of ether oxygens (including phenoxy) is 3. The van der Waals surface area contributed by atoms with Crippen molar-refractivity contribution in [3.8, 4) is 11.5 Å². The van der Waals surface area contributed by atoms with Crippen molar-refractivity contribution in [3.63, 3.8) is 0 Å². The van der Waals surface area contributed by atoms with E-state index in [9.17, 15) is 4.79 Å². The highest BCUT2D eigenvalue weighted by Crippen LogP contribution is 2.41. The molecule has 132 valence electrons. The summed E-state index contributed by atoms with van der Waals surface area (Å²) in [7, 11) is 1.43. The number of nitrogens with one attached hydrogen (secondary N) is 2. The lowest BCUT2D eigenvalue weighted by molar-refractivity contribution is -0.142. The molecule has 3 aromatic rings. The Morgan fingerprint density at radius 3 is 2.88 bits per heavy atom. The predicted molar refractivity (Wildman–Crippen MR) is 95.5 cm³/mol. The SMILES string of the molecule is COC(=O)[C@H]1CN[C@@H](c2ccc3c(c2)OCO3)c2[nH]c3ccccc3c21. The number of hydrogen-bond acceptors (Lipinski definition) is 5. The molecule has 0 saturated carbocycles. The van der Waals surface area contributed by atoms with Gasteiger partial charge in [-0.15, -0.1) is 0 Å². The van der Waals surface area contributed by atoms with Crippen molar-refractivity contribution in [2.75, 3.05) is 20.4 Å². The van der Waals surface area contributed by atoms with Crippen LogP contribution in [0.1, 0.15) is 28.8 Å². The van der Waals surface area contributed by atoms with Gasteiger partial charge in [-0.2, -0.15) is 0 Å². The monoisotopic (exact) mass is 350 g/mol. The summed E-state index contributed by atoms with van der Waals surface area (Å²) in [5.41, 5.74) is 4.08. The van der Waals surface area contributed by atoms with Gasteiger partial charge in [0.15, 0.2) is 11.5 Å². The molecule has 5 rings (SSSR count). The van der Waals surface area contributed by atoms with Gasteiger partial charge in [0.05, 0.1) is 19.1 Å². The van der Waals surface area contributed by atoms with Gasteiger partial charge in [-0.1, -0.05) is 24.3 Å². The minimum absolute atomic E-state index is 0.0622. The highest BCUT2D eigenvalue weighted by Gasteiger charge is 2.36. The molecule has 0 saturated heterocycles. The van der Waals surface area contributed by atoms with Gasteiger partial charge in [-0.05, 0) is 29.3 Å². The minimum Gasteiger partial charge on any atom is -0.469 e. The molecule has 0 bridgehead atoms. The van der Waals surface area contributed by atoms with Gasteiger partial charge >= 0.3 is 5.97 Å². The number of rotatable bonds is 2. The zero-order valence-electron chi connectivity index (χ0n) is 14.2. The fraction of sp³-hybridized carbons (Fsp3) is 0.250. The molecule has 1 aromatic heterocycles. The lowest BCUT2D eigenvalue weighted by atomic mass is 9.87. The summed E-state index contributed by atoms with van der Waals surface area (Å²) in [6.45, 7) is 0.763. The van der Waals surface area contributed by atoms with Gasteiger partial charge in [-0.25, -0.2) is 0 Å². The molecule has 2 atom stereocenters. The van der Waals surface area contributed by atoms with E-state index in [0.29, 0.717) is 6.54 Å². The van der Waals surface area contributed by atoms with E-state index in [-0.39, 0.29) is 24.7 Å². The van der Waals surface area contributed by atoms with Crippen molar-refractivity contribution in [1.82, 2.24) is 10.3 Å². The second-order valence-electron chi connectivity index (χ2n) is 6.53. The van der Waals surface area contributed by atoms with E-state index in [1.54, 1.807) is 0 Å². The third-order valence-corrected chi connectivity index (χ3v) is 5.16. The summed E-state index contributed by atoms with van der Waals surface area (Å²) in [6, 6.07) is 13.9.